The van der Waals surface area contributed by atoms with Gasteiger partial charge in [0.25, 0.3) is 0 Å². The Bertz CT molecular complexity index is 330. The Balaban J connectivity index is 2.97. The molecule has 0 amide bonds. The zero-order valence-corrected chi connectivity index (χ0v) is 8.27. The molecule has 0 bridgehead atoms. The van der Waals surface area contributed by atoms with Crippen molar-refractivity contribution in [2.24, 2.45) is 0 Å². The van der Waals surface area contributed by atoms with Crippen LogP contribution in [0.5, 0.6) is 0 Å². The van der Waals surface area contributed by atoms with E-state index in [4.69, 9.17) is 10.4 Å². The van der Waals surface area contributed by atoms with Crippen molar-refractivity contribution in [1.82, 2.24) is 0 Å². The number of rotatable bonds is 4. The van der Waals surface area contributed by atoms with Crippen LogP contribution in [0, 0.1) is 11.3 Å². The highest BCUT2D eigenvalue weighted by Crippen LogP contribution is 2.18. The number of nitrogens with zero attached hydrogens (tertiary/aromatic N) is 2. The Kier molecular flexibility index (Phi) is 3.96. The fourth-order valence-corrected chi connectivity index (χ4v) is 1.41. The highest BCUT2D eigenvalue weighted by atomic mass is 16.3. The molecule has 3 nitrogen and oxygen atoms in total. The minimum Gasteiger partial charge on any atom is -0.395 e. The lowest BCUT2D eigenvalue weighted by Gasteiger charge is -2.22. The largest absolute Gasteiger partial charge is 0.395 e. The van der Waals surface area contributed by atoms with E-state index in [1.807, 2.05) is 30.0 Å². The molecule has 1 N–H and O–H groups in total. The van der Waals surface area contributed by atoms with Crippen molar-refractivity contribution >= 4 is 5.69 Å². The summed E-state index contributed by atoms with van der Waals surface area (Å²) in [5.41, 5.74) is 1.55. The molecule has 0 aliphatic carbocycles. The predicted octanol–water partition coefficient (Wildman–Crippen LogP) is 1.38. The fourth-order valence-electron chi connectivity index (χ4n) is 1.41. The van der Waals surface area contributed by atoms with Gasteiger partial charge in [-0.15, -0.1) is 0 Å². The molecule has 0 aliphatic rings. The number of likely N-dealkylation sites (N-methyl/N-ethyl adjacent to an activating group) is 1. The van der Waals surface area contributed by atoms with Gasteiger partial charge in [0.05, 0.1) is 17.9 Å². The van der Waals surface area contributed by atoms with Gasteiger partial charge in [0.1, 0.15) is 6.07 Å². The van der Waals surface area contributed by atoms with E-state index in [1.54, 1.807) is 6.07 Å². The molecule has 1 rings (SSSR count). The summed E-state index contributed by atoms with van der Waals surface area (Å²) in [4.78, 5) is 1.98. The van der Waals surface area contributed by atoms with Gasteiger partial charge in [0.2, 0.25) is 0 Å². The number of aliphatic hydroxyl groups excluding tert-OH is 1. The third-order valence-electron chi connectivity index (χ3n) is 2.12. The van der Waals surface area contributed by atoms with Crippen LogP contribution in [0.25, 0.3) is 0 Å². The second-order valence-corrected chi connectivity index (χ2v) is 2.93. The van der Waals surface area contributed by atoms with Crippen LogP contribution in [0.1, 0.15) is 12.5 Å². The summed E-state index contributed by atoms with van der Waals surface area (Å²) in [5.74, 6) is 0. The van der Waals surface area contributed by atoms with Crippen LogP contribution in [-0.2, 0) is 0 Å². The smallest absolute Gasteiger partial charge is 0.101 e. The first-order valence-electron chi connectivity index (χ1n) is 4.68. The normalized spacial score (nSPS) is 9.50. The molecule has 0 aromatic heterocycles. The maximum atomic E-state index is 8.89. The Morgan fingerprint density at radius 2 is 2.14 bits per heavy atom. The topological polar surface area (TPSA) is 47.3 Å². The van der Waals surface area contributed by atoms with Crippen molar-refractivity contribution in [3.63, 3.8) is 0 Å². The number of hydrogen-bond donors (Lipinski definition) is 1. The molecule has 0 unspecified atom stereocenters. The maximum Gasteiger partial charge on any atom is 0.101 e. The Hall–Kier alpha value is -1.53. The Labute approximate surface area is 84.2 Å². The van der Waals surface area contributed by atoms with E-state index >= 15 is 0 Å². The lowest BCUT2D eigenvalue weighted by molar-refractivity contribution is 0.302. The van der Waals surface area contributed by atoms with E-state index in [2.05, 4.69) is 6.07 Å². The van der Waals surface area contributed by atoms with Crippen molar-refractivity contribution in [1.29, 1.82) is 5.26 Å². The zero-order chi connectivity index (χ0) is 10.4. The summed E-state index contributed by atoms with van der Waals surface area (Å²) in [6.07, 6.45) is 0. The summed E-state index contributed by atoms with van der Waals surface area (Å²) >= 11 is 0. The second-order valence-electron chi connectivity index (χ2n) is 2.93. The molecule has 1 aromatic carbocycles. The number of nitriles is 1. The second kappa shape index (κ2) is 5.25. The van der Waals surface area contributed by atoms with Crippen LogP contribution in [0.15, 0.2) is 24.3 Å². The Morgan fingerprint density at radius 3 is 2.71 bits per heavy atom. The molecule has 14 heavy (non-hydrogen) atoms. The van der Waals surface area contributed by atoms with Gasteiger partial charge < -0.3 is 10.0 Å². The highest BCUT2D eigenvalue weighted by Gasteiger charge is 2.07. The van der Waals surface area contributed by atoms with Gasteiger partial charge in [-0.25, -0.2) is 0 Å². The van der Waals surface area contributed by atoms with Gasteiger partial charge in [-0.05, 0) is 19.1 Å². The van der Waals surface area contributed by atoms with Gasteiger partial charge in [-0.1, -0.05) is 12.1 Å². The minimum atomic E-state index is 0.105. The molecule has 0 atom stereocenters. The monoisotopic (exact) mass is 190 g/mol. The predicted molar refractivity (Wildman–Crippen MR) is 56.1 cm³/mol. The van der Waals surface area contributed by atoms with Crippen LogP contribution in [0.4, 0.5) is 5.69 Å². The van der Waals surface area contributed by atoms with Gasteiger partial charge in [-0.2, -0.15) is 5.26 Å². The van der Waals surface area contributed by atoms with Gasteiger partial charge in [-0.3, -0.25) is 0 Å². The molecule has 0 aliphatic heterocycles. The molecule has 74 valence electrons. The van der Waals surface area contributed by atoms with Crippen LogP contribution in [-0.4, -0.2) is 24.8 Å². The minimum absolute atomic E-state index is 0.105. The summed E-state index contributed by atoms with van der Waals surface area (Å²) in [5, 5.41) is 17.8. The first-order chi connectivity index (χ1) is 6.83. The molecular formula is C11H14N2O. The van der Waals surface area contributed by atoms with Gasteiger partial charge >= 0.3 is 0 Å². The molecule has 0 spiro atoms. The van der Waals surface area contributed by atoms with E-state index in [-0.39, 0.29) is 6.61 Å². The SMILES string of the molecule is CCN(CCO)c1ccccc1C#N. The average molecular weight is 190 g/mol. The number of para-hydroxylation sites is 1. The summed E-state index contributed by atoms with van der Waals surface area (Å²) < 4.78 is 0. The van der Waals surface area contributed by atoms with Crippen molar-refractivity contribution in [2.45, 2.75) is 6.92 Å². The van der Waals surface area contributed by atoms with E-state index in [0.29, 0.717) is 12.1 Å². The summed E-state index contributed by atoms with van der Waals surface area (Å²) in [7, 11) is 0. The van der Waals surface area contributed by atoms with Crippen molar-refractivity contribution < 1.29 is 5.11 Å². The number of hydrogen-bond acceptors (Lipinski definition) is 3. The molecule has 0 radical (unpaired) electrons. The molecule has 0 fully saturated rings. The fraction of sp³-hybridized carbons (Fsp3) is 0.364. The van der Waals surface area contributed by atoms with E-state index in [9.17, 15) is 0 Å². The third kappa shape index (κ3) is 2.24. The molecule has 0 saturated carbocycles. The first-order valence-corrected chi connectivity index (χ1v) is 4.68. The first kappa shape index (κ1) is 10.6. The van der Waals surface area contributed by atoms with E-state index in [0.717, 1.165) is 12.2 Å². The average Bonchev–Trinajstić information content (AvgIpc) is 2.26. The number of anilines is 1. The molecule has 0 heterocycles. The van der Waals surface area contributed by atoms with Crippen LogP contribution in [0.3, 0.4) is 0 Å². The molecular weight excluding hydrogens is 176 g/mol. The standard InChI is InChI=1S/C11H14N2O/c1-2-13(7-8-14)11-6-4-3-5-10(11)9-12/h3-6,14H,2,7-8H2,1H3. The number of aliphatic hydroxyl groups is 1. The van der Waals surface area contributed by atoms with Crippen LogP contribution < -0.4 is 4.90 Å². The van der Waals surface area contributed by atoms with Crippen molar-refractivity contribution in [2.75, 3.05) is 24.6 Å². The van der Waals surface area contributed by atoms with Gasteiger partial charge in [0, 0.05) is 13.1 Å². The lowest BCUT2D eigenvalue weighted by atomic mass is 10.2. The van der Waals surface area contributed by atoms with Crippen molar-refractivity contribution in [3.8, 4) is 6.07 Å². The van der Waals surface area contributed by atoms with E-state index in [1.165, 1.54) is 0 Å². The molecule has 0 saturated heterocycles. The highest BCUT2D eigenvalue weighted by molar-refractivity contribution is 5.59. The van der Waals surface area contributed by atoms with Crippen molar-refractivity contribution in [3.05, 3.63) is 29.8 Å². The Morgan fingerprint density at radius 1 is 1.43 bits per heavy atom. The molecule has 1 aromatic rings. The number of benzene rings is 1. The maximum absolute atomic E-state index is 8.89. The van der Waals surface area contributed by atoms with E-state index < -0.39 is 0 Å². The van der Waals surface area contributed by atoms with Crippen LogP contribution >= 0.6 is 0 Å². The molecule has 3 heteroatoms. The third-order valence-corrected chi connectivity index (χ3v) is 2.12. The zero-order valence-electron chi connectivity index (χ0n) is 8.27. The summed E-state index contributed by atoms with van der Waals surface area (Å²) in [6, 6.07) is 9.57. The summed E-state index contributed by atoms with van der Waals surface area (Å²) in [6.45, 7) is 3.46. The quantitative estimate of drug-likeness (QED) is 0.780. The van der Waals surface area contributed by atoms with Crippen LogP contribution in [0.2, 0.25) is 0 Å². The van der Waals surface area contributed by atoms with Gasteiger partial charge in [0.15, 0.2) is 0 Å². The lowest BCUT2D eigenvalue weighted by Crippen LogP contribution is -2.26.